The minimum absolute atomic E-state index is 0.106. The number of anilines is 2. The van der Waals surface area contributed by atoms with Crippen LogP contribution in [0, 0.1) is 5.82 Å². The van der Waals surface area contributed by atoms with Crippen molar-refractivity contribution in [2.75, 3.05) is 31.4 Å². The molecule has 0 fully saturated rings. The summed E-state index contributed by atoms with van der Waals surface area (Å²) in [4.78, 5) is 20.5. The van der Waals surface area contributed by atoms with Crippen molar-refractivity contribution in [3.05, 3.63) is 71.8 Å². The number of methoxy groups -OCH3 is 2. The lowest BCUT2D eigenvalue weighted by Crippen LogP contribution is -2.14. The molecule has 3 rings (SSSR count). The highest BCUT2D eigenvalue weighted by atomic mass is 19.1. The van der Waals surface area contributed by atoms with Crippen LogP contribution in [0.4, 0.5) is 16.0 Å². The molecule has 1 heterocycles. The molecule has 7 nitrogen and oxygen atoms in total. The van der Waals surface area contributed by atoms with Gasteiger partial charge in [0, 0.05) is 18.9 Å². The first-order chi connectivity index (χ1) is 14.1. The van der Waals surface area contributed by atoms with Gasteiger partial charge in [0.15, 0.2) is 11.5 Å². The zero-order valence-electron chi connectivity index (χ0n) is 16.1. The molecule has 0 atom stereocenters. The normalized spacial score (nSPS) is 10.3. The molecule has 0 radical (unpaired) electrons. The first-order valence-electron chi connectivity index (χ1n) is 8.93. The zero-order chi connectivity index (χ0) is 20.6. The number of aromatic nitrogens is 2. The number of hydrogen-bond donors (Lipinski definition) is 2. The highest BCUT2D eigenvalue weighted by Gasteiger charge is 2.10. The molecule has 2 aromatic carbocycles. The summed E-state index contributed by atoms with van der Waals surface area (Å²) in [6.45, 7) is 0.594. The second kappa shape index (κ2) is 9.50. The number of carbonyl (C=O) groups is 1. The van der Waals surface area contributed by atoms with Crippen molar-refractivity contribution < 1.29 is 18.7 Å². The second-order valence-electron chi connectivity index (χ2n) is 6.10. The summed E-state index contributed by atoms with van der Waals surface area (Å²) in [6.07, 6.45) is 3.50. The third-order valence-corrected chi connectivity index (χ3v) is 4.18. The van der Waals surface area contributed by atoms with E-state index in [4.69, 9.17) is 9.47 Å². The molecule has 0 bridgehead atoms. The van der Waals surface area contributed by atoms with E-state index in [0.29, 0.717) is 24.0 Å². The summed E-state index contributed by atoms with van der Waals surface area (Å²) in [5.74, 6) is 0.762. The fourth-order valence-corrected chi connectivity index (χ4v) is 2.65. The molecule has 8 heteroatoms. The summed E-state index contributed by atoms with van der Waals surface area (Å²) in [7, 11) is 3.19. The number of halogens is 1. The molecule has 2 N–H and O–H groups in total. The molecule has 0 aliphatic carbocycles. The largest absolute Gasteiger partial charge is 0.493 e. The van der Waals surface area contributed by atoms with Crippen LogP contribution in [0.25, 0.3) is 0 Å². The average Bonchev–Trinajstić information content (AvgIpc) is 2.75. The van der Waals surface area contributed by atoms with Crippen molar-refractivity contribution in [2.24, 2.45) is 0 Å². The van der Waals surface area contributed by atoms with Crippen LogP contribution in [0.1, 0.15) is 15.9 Å². The van der Waals surface area contributed by atoms with Gasteiger partial charge in [-0.25, -0.2) is 14.4 Å². The van der Waals surface area contributed by atoms with Gasteiger partial charge in [-0.05, 0) is 36.2 Å². The average molecular weight is 396 g/mol. The van der Waals surface area contributed by atoms with Crippen LogP contribution in [-0.2, 0) is 6.42 Å². The highest BCUT2D eigenvalue weighted by Crippen LogP contribution is 2.27. The van der Waals surface area contributed by atoms with Gasteiger partial charge in [0.25, 0.3) is 5.91 Å². The number of nitrogens with zero attached hydrogens (tertiary/aromatic N) is 2. The number of nitrogens with one attached hydrogen (secondary N) is 2. The van der Waals surface area contributed by atoms with Crippen molar-refractivity contribution in [3.8, 4) is 11.5 Å². The Kier molecular flexibility index (Phi) is 6.57. The van der Waals surface area contributed by atoms with E-state index >= 15 is 0 Å². The van der Waals surface area contributed by atoms with Gasteiger partial charge >= 0.3 is 0 Å². The number of para-hydroxylation sites is 1. The second-order valence-corrected chi connectivity index (χ2v) is 6.10. The fourth-order valence-electron chi connectivity index (χ4n) is 2.65. The number of amides is 1. The number of rotatable bonds is 8. The van der Waals surface area contributed by atoms with Gasteiger partial charge in [-0.2, -0.15) is 0 Å². The number of ether oxygens (including phenoxy) is 2. The van der Waals surface area contributed by atoms with E-state index in [1.54, 1.807) is 26.4 Å². The third kappa shape index (κ3) is 5.19. The maximum Gasteiger partial charge on any atom is 0.258 e. The first kappa shape index (κ1) is 20.1. The Balaban J connectivity index is 1.54. The molecule has 0 saturated heterocycles. The van der Waals surface area contributed by atoms with E-state index in [2.05, 4.69) is 20.6 Å². The van der Waals surface area contributed by atoms with Gasteiger partial charge in [0.1, 0.15) is 5.82 Å². The SMILES string of the molecule is COc1ccc(CCNc2ncc(C(=O)Nc3ccccc3F)cn2)cc1OC. The van der Waals surface area contributed by atoms with Crippen LogP contribution in [0.15, 0.2) is 54.9 Å². The van der Waals surface area contributed by atoms with Crippen LogP contribution in [0.2, 0.25) is 0 Å². The zero-order valence-corrected chi connectivity index (χ0v) is 16.1. The van der Waals surface area contributed by atoms with E-state index in [1.165, 1.54) is 24.5 Å². The predicted octanol–water partition coefficient (Wildman–Crippen LogP) is 3.54. The number of hydrogen-bond acceptors (Lipinski definition) is 6. The van der Waals surface area contributed by atoms with E-state index in [-0.39, 0.29) is 11.3 Å². The van der Waals surface area contributed by atoms with Gasteiger partial charge < -0.3 is 20.1 Å². The molecule has 150 valence electrons. The van der Waals surface area contributed by atoms with E-state index < -0.39 is 11.7 Å². The van der Waals surface area contributed by atoms with Crippen LogP contribution in [0.5, 0.6) is 11.5 Å². The number of benzene rings is 2. The Morgan fingerprint density at radius 1 is 1.03 bits per heavy atom. The van der Waals surface area contributed by atoms with Gasteiger partial charge in [-0.3, -0.25) is 4.79 Å². The maximum absolute atomic E-state index is 13.6. The van der Waals surface area contributed by atoms with E-state index in [9.17, 15) is 9.18 Å². The predicted molar refractivity (Wildman–Crippen MR) is 108 cm³/mol. The quantitative estimate of drug-likeness (QED) is 0.606. The highest BCUT2D eigenvalue weighted by molar-refractivity contribution is 6.03. The van der Waals surface area contributed by atoms with Crippen molar-refractivity contribution in [2.45, 2.75) is 6.42 Å². The minimum Gasteiger partial charge on any atom is -0.493 e. The lowest BCUT2D eigenvalue weighted by Gasteiger charge is -2.10. The van der Waals surface area contributed by atoms with Gasteiger partial charge in [0.05, 0.1) is 25.5 Å². The smallest absolute Gasteiger partial charge is 0.258 e. The van der Waals surface area contributed by atoms with E-state index in [0.717, 1.165) is 12.0 Å². The van der Waals surface area contributed by atoms with Gasteiger partial charge in [-0.1, -0.05) is 18.2 Å². The maximum atomic E-state index is 13.6. The molecule has 1 amide bonds. The molecule has 0 unspecified atom stereocenters. The third-order valence-electron chi connectivity index (χ3n) is 4.18. The topological polar surface area (TPSA) is 85.4 Å². The molecule has 0 aliphatic rings. The minimum atomic E-state index is -0.504. The van der Waals surface area contributed by atoms with E-state index in [1.807, 2.05) is 18.2 Å². The molecular formula is C21H21FN4O3. The Morgan fingerprint density at radius 3 is 2.45 bits per heavy atom. The Labute approximate surface area is 167 Å². The van der Waals surface area contributed by atoms with Crippen molar-refractivity contribution in [1.29, 1.82) is 0 Å². The van der Waals surface area contributed by atoms with Crippen LogP contribution in [0.3, 0.4) is 0 Å². The summed E-state index contributed by atoms with van der Waals surface area (Å²) in [6, 6.07) is 11.7. The van der Waals surface area contributed by atoms with Crippen molar-refractivity contribution in [3.63, 3.8) is 0 Å². The molecular weight excluding hydrogens is 375 g/mol. The molecule has 29 heavy (non-hydrogen) atoms. The molecule has 3 aromatic rings. The molecule has 1 aromatic heterocycles. The Hall–Kier alpha value is -3.68. The summed E-state index contributed by atoms with van der Waals surface area (Å²) < 4.78 is 24.1. The Morgan fingerprint density at radius 2 is 1.76 bits per heavy atom. The van der Waals surface area contributed by atoms with Crippen molar-refractivity contribution in [1.82, 2.24) is 9.97 Å². The molecule has 0 spiro atoms. The first-order valence-corrected chi connectivity index (χ1v) is 8.93. The monoisotopic (exact) mass is 396 g/mol. The summed E-state index contributed by atoms with van der Waals surface area (Å²) >= 11 is 0. The van der Waals surface area contributed by atoms with Crippen LogP contribution in [-0.4, -0.2) is 36.6 Å². The summed E-state index contributed by atoms with van der Waals surface area (Å²) in [5.41, 5.74) is 1.41. The fraction of sp³-hybridized carbons (Fsp3) is 0.190. The van der Waals surface area contributed by atoms with Gasteiger partial charge in [0.2, 0.25) is 5.95 Å². The molecule has 0 saturated carbocycles. The van der Waals surface area contributed by atoms with Gasteiger partial charge in [-0.15, -0.1) is 0 Å². The molecule has 0 aliphatic heterocycles. The lowest BCUT2D eigenvalue weighted by atomic mass is 10.1. The Bertz CT molecular complexity index is 980. The van der Waals surface area contributed by atoms with Crippen LogP contribution >= 0.6 is 0 Å². The number of carbonyl (C=O) groups excluding carboxylic acids is 1. The standard InChI is InChI=1S/C21H21FN4O3/c1-28-18-8-7-14(11-19(18)29-2)9-10-23-21-24-12-15(13-25-21)20(27)26-17-6-4-3-5-16(17)22/h3-8,11-13H,9-10H2,1-2H3,(H,26,27)(H,23,24,25). The lowest BCUT2D eigenvalue weighted by molar-refractivity contribution is 0.102. The van der Waals surface area contributed by atoms with Crippen LogP contribution < -0.4 is 20.1 Å². The van der Waals surface area contributed by atoms with Crippen molar-refractivity contribution >= 4 is 17.5 Å². The summed E-state index contributed by atoms with van der Waals surface area (Å²) in [5, 5.41) is 5.59.